The molecule has 0 bridgehead atoms. The summed E-state index contributed by atoms with van der Waals surface area (Å²) in [6.07, 6.45) is -3.22. The highest BCUT2D eigenvalue weighted by Crippen LogP contribution is 2.41. The average Bonchev–Trinajstić information content (AvgIpc) is 3.49. The molecule has 1 N–H and O–H groups in total. The van der Waals surface area contributed by atoms with Crippen LogP contribution in [0, 0.1) is 0 Å². The van der Waals surface area contributed by atoms with Gasteiger partial charge in [0.05, 0.1) is 16.8 Å². The largest absolute Gasteiger partial charge is 0.487 e. The van der Waals surface area contributed by atoms with Gasteiger partial charge in [-0.15, -0.1) is 0 Å². The van der Waals surface area contributed by atoms with Crippen LogP contribution < -0.4 is 4.74 Å². The van der Waals surface area contributed by atoms with Crippen molar-refractivity contribution in [2.45, 2.75) is 55.4 Å². The Morgan fingerprint density at radius 3 is 2.43 bits per heavy atom. The van der Waals surface area contributed by atoms with Crippen LogP contribution >= 0.6 is 30.9 Å². The van der Waals surface area contributed by atoms with Crippen LogP contribution in [-0.2, 0) is 12.3 Å². The number of halogens is 6. The summed E-state index contributed by atoms with van der Waals surface area (Å²) in [5.74, 6) is -1.00. The maximum absolute atomic E-state index is 14.5. The number of nitrogens with zero attached hydrogens (tertiary/aromatic N) is 4. The lowest BCUT2D eigenvalue weighted by Gasteiger charge is -2.24. The monoisotopic (exact) mass is 714 g/mol. The molecule has 15 heteroatoms. The number of rotatable bonds is 15. The van der Waals surface area contributed by atoms with Crippen LogP contribution in [0.15, 0.2) is 71.8 Å². The van der Waals surface area contributed by atoms with Crippen LogP contribution in [0.1, 0.15) is 59.3 Å². The van der Waals surface area contributed by atoms with Crippen molar-refractivity contribution in [1.29, 1.82) is 0 Å². The van der Waals surface area contributed by atoms with Gasteiger partial charge in [-0.1, -0.05) is 52.6 Å². The number of ether oxygens (including phenoxy) is 1. The number of para-hydroxylation sites is 1. The van der Waals surface area contributed by atoms with Crippen molar-refractivity contribution in [2.75, 3.05) is 20.1 Å². The minimum Gasteiger partial charge on any atom is -0.487 e. The second-order valence-electron chi connectivity index (χ2n) is 11.0. The predicted molar refractivity (Wildman–Crippen MR) is 176 cm³/mol. The molecule has 0 amide bonds. The van der Waals surface area contributed by atoms with Crippen molar-refractivity contribution < 1.29 is 36.6 Å². The number of benzene rings is 2. The molecule has 2 aromatic heterocycles. The smallest absolute Gasteiger partial charge is 0.389 e. The lowest BCUT2D eigenvalue weighted by atomic mass is 9.95. The van der Waals surface area contributed by atoms with Gasteiger partial charge in [-0.3, -0.25) is 0 Å². The third-order valence-corrected chi connectivity index (χ3v) is 8.72. The number of alkyl halides is 5. The Labute approximate surface area is 280 Å². The molecular weight excluding hydrogens is 682 g/mol. The van der Waals surface area contributed by atoms with Crippen molar-refractivity contribution in [1.82, 2.24) is 19.7 Å². The molecule has 2 aromatic carbocycles. The second kappa shape index (κ2) is 15.8. The summed E-state index contributed by atoms with van der Waals surface area (Å²) in [6, 6.07) is 17.8. The molecule has 0 radical (unpaired) electrons. The first-order valence-corrected chi connectivity index (χ1v) is 16.8. The van der Waals surface area contributed by atoms with Crippen LogP contribution in [0.4, 0.5) is 22.0 Å². The van der Waals surface area contributed by atoms with E-state index in [1.165, 1.54) is 15.3 Å². The summed E-state index contributed by atoms with van der Waals surface area (Å²) in [5.41, 5.74) is -2.26. The summed E-state index contributed by atoms with van der Waals surface area (Å²) in [6.45, 7) is 3.20. The van der Waals surface area contributed by atoms with E-state index in [9.17, 15) is 31.9 Å². The number of carboxylic acid groups (broad SMARTS) is 1. The number of aromatic nitrogens is 3. The zero-order valence-corrected chi connectivity index (χ0v) is 28.2. The summed E-state index contributed by atoms with van der Waals surface area (Å²) in [4.78, 5) is 18.6. The molecule has 4 rings (SSSR count). The fourth-order valence-electron chi connectivity index (χ4n) is 5.15. The van der Waals surface area contributed by atoms with Crippen molar-refractivity contribution >= 4 is 36.9 Å². The summed E-state index contributed by atoms with van der Waals surface area (Å²) in [7, 11) is 10.3. The van der Waals surface area contributed by atoms with Crippen LogP contribution in [-0.4, -0.2) is 57.1 Å². The molecule has 0 aliphatic heterocycles. The van der Waals surface area contributed by atoms with Gasteiger partial charge in [0.1, 0.15) is 23.6 Å². The van der Waals surface area contributed by atoms with Crippen molar-refractivity contribution in [3.05, 3.63) is 89.2 Å². The summed E-state index contributed by atoms with van der Waals surface area (Å²) >= 11 is 0. The Kier molecular flexibility index (Phi) is 12.3. The fourth-order valence-corrected chi connectivity index (χ4v) is 6.16. The molecule has 2 unspecified atom stereocenters. The highest BCUT2D eigenvalue weighted by atomic mass is 35.7. The van der Waals surface area contributed by atoms with Crippen molar-refractivity contribution in [3.63, 3.8) is 0 Å². The van der Waals surface area contributed by atoms with Crippen LogP contribution in [0.3, 0.4) is 0 Å². The number of hydrogen-bond acceptors (Lipinski definition) is 6. The minimum atomic E-state index is -4.15. The van der Waals surface area contributed by atoms with E-state index in [4.69, 9.17) is 15.4 Å². The number of hydrogen-bond donors (Lipinski definition) is 1. The molecule has 0 saturated carbocycles. The molecule has 2 atom stereocenters. The van der Waals surface area contributed by atoms with E-state index < -0.39 is 35.5 Å². The SMILES string of the molecule is CCC(CN(C)CCCC(F)(F)F)c1ccc(COc2c(SCl)cccc2-c2cccc(-n3ncc(C(=O)O)c3C(F)(F)P)n2)cc1. The van der Waals surface area contributed by atoms with Crippen molar-refractivity contribution in [2.24, 2.45) is 0 Å². The first-order valence-electron chi connectivity index (χ1n) is 14.6. The Morgan fingerprint density at radius 1 is 1.11 bits per heavy atom. The first kappa shape index (κ1) is 36.6. The van der Waals surface area contributed by atoms with E-state index in [0.29, 0.717) is 35.0 Å². The van der Waals surface area contributed by atoms with Gasteiger partial charge in [-0.2, -0.15) is 27.1 Å². The van der Waals surface area contributed by atoms with Crippen molar-refractivity contribution in [3.8, 4) is 22.8 Å². The van der Waals surface area contributed by atoms with Gasteiger partial charge in [0.25, 0.3) is 0 Å². The maximum atomic E-state index is 14.5. The standard InChI is InChI=1S/C32H33ClF5N4O3PS/c1-3-21(18-41(2)16-6-15-31(34,35)36)22-13-11-20(12-14-22)19-45-28-23(7-4-9-26(28)47-33)25-8-5-10-27(40-25)42-29(32(37,38)46)24(17-39-42)30(43)44/h4-5,7-14,17,21H,3,6,15-16,18-19,46H2,1-2H3,(H,43,44). The number of carbonyl (C=O) groups is 1. The Balaban J connectivity index is 1.53. The number of aromatic carboxylic acids is 1. The van der Waals surface area contributed by atoms with Crippen LogP contribution in [0.5, 0.6) is 5.75 Å². The van der Waals surface area contributed by atoms with E-state index in [1.807, 2.05) is 43.1 Å². The molecule has 7 nitrogen and oxygen atoms in total. The third-order valence-electron chi connectivity index (χ3n) is 7.46. The normalized spacial score (nSPS) is 12.8. The number of pyridine rings is 1. The van der Waals surface area contributed by atoms with Gasteiger partial charge in [0, 0.05) is 18.5 Å². The molecule has 0 aliphatic rings. The molecule has 0 spiro atoms. The highest BCUT2D eigenvalue weighted by molar-refractivity contribution is 8.21. The lowest BCUT2D eigenvalue weighted by molar-refractivity contribution is -0.136. The summed E-state index contributed by atoms with van der Waals surface area (Å²) in [5, 5.41) is 13.3. The molecule has 252 valence electrons. The second-order valence-corrected chi connectivity index (χ2v) is 12.7. The maximum Gasteiger partial charge on any atom is 0.389 e. The first-order chi connectivity index (χ1) is 22.2. The van der Waals surface area contributed by atoms with Gasteiger partial charge in [-0.05, 0) is 89.4 Å². The molecular formula is C32H33ClF5N4O3PS. The number of likely N-dealkylation sites (N-methyl/N-ethyl adjacent to an activating group) is 1. The molecule has 0 fully saturated rings. The highest BCUT2D eigenvalue weighted by Gasteiger charge is 2.36. The van der Waals surface area contributed by atoms with Gasteiger partial charge in [0.15, 0.2) is 5.82 Å². The fraction of sp³-hybridized carbons (Fsp3) is 0.344. The van der Waals surface area contributed by atoms with Crippen LogP contribution in [0.2, 0.25) is 0 Å². The van der Waals surface area contributed by atoms with Crippen LogP contribution in [0.25, 0.3) is 17.1 Å². The Bertz CT molecular complexity index is 1670. The Morgan fingerprint density at radius 2 is 1.81 bits per heavy atom. The Hall–Kier alpha value is -3.25. The lowest BCUT2D eigenvalue weighted by Crippen LogP contribution is -2.26. The zero-order chi connectivity index (χ0) is 34.4. The van der Waals surface area contributed by atoms with E-state index in [1.54, 1.807) is 30.3 Å². The van der Waals surface area contributed by atoms with Gasteiger partial charge in [0.2, 0.25) is 0 Å². The average molecular weight is 715 g/mol. The van der Waals surface area contributed by atoms with E-state index in [0.717, 1.165) is 39.4 Å². The molecule has 0 saturated heterocycles. The van der Waals surface area contributed by atoms with Gasteiger partial charge < -0.3 is 14.7 Å². The number of carboxylic acids is 1. The van der Waals surface area contributed by atoms with E-state index >= 15 is 0 Å². The minimum absolute atomic E-state index is 0.0194. The van der Waals surface area contributed by atoms with E-state index in [-0.39, 0.29) is 24.8 Å². The van der Waals surface area contributed by atoms with Gasteiger partial charge in [-0.25, -0.2) is 14.5 Å². The quantitative estimate of drug-likeness (QED) is 0.0972. The van der Waals surface area contributed by atoms with Gasteiger partial charge >= 0.3 is 17.8 Å². The van der Waals surface area contributed by atoms with E-state index in [2.05, 4.69) is 10.1 Å². The zero-order valence-electron chi connectivity index (χ0n) is 25.5. The topological polar surface area (TPSA) is 80.5 Å². The third kappa shape index (κ3) is 9.65. The molecule has 0 aliphatic carbocycles. The molecule has 2 heterocycles. The molecule has 47 heavy (non-hydrogen) atoms. The predicted octanol–water partition coefficient (Wildman–Crippen LogP) is 9.15. The summed E-state index contributed by atoms with van der Waals surface area (Å²) < 4.78 is 73.6. The molecule has 4 aromatic rings.